The molecule has 0 aliphatic carbocycles. The summed E-state index contributed by atoms with van der Waals surface area (Å²) in [6.45, 7) is 1.87. The molecule has 0 radical (unpaired) electrons. The first kappa shape index (κ1) is 14.1. The van der Waals surface area contributed by atoms with Crippen molar-refractivity contribution in [3.63, 3.8) is 0 Å². The average Bonchev–Trinajstić information content (AvgIpc) is 2.85. The fourth-order valence-corrected chi connectivity index (χ4v) is 3.05. The van der Waals surface area contributed by atoms with E-state index in [1.54, 1.807) is 12.1 Å². The molecule has 2 heterocycles. The molecule has 0 aliphatic heterocycles. The van der Waals surface area contributed by atoms with Crippen molar-refractivity contribution in [2.24, 2.45) is 0 Å². The van der Waals surface area contributed by atoms with Gasteiger partial charge in [0.05, 0.1) is 32.5 Å². The molecule has 0 bridgehead atoms. The first-order valence-electron chi connectivity index (χ1n) is 6.09. The second-order valence-electron chi connectivity index (χ2n) is 4.40. The van der Waals surface area contributed by atoms with E-state index < -0.39 is 11.6 Å². The molecule has 1 aromatic carbocycles. The Morgan fingerprint density at radius 1 is 1.14 bits per heavy atom. The smallest absolute Gasteiger partial charge is 0.141 e. The van der Waals surface area contributed by atoms with E-state index in [-0.39, 0.29) is 5.02 Å². The standard InChI is InChI=1S/C15H9ClF2N2S/c1-8-20-14(9-2-4-12(18)11(16)6-9)15(21-8)13-5-3-10(17)7-19-13/h2-7H,1H3. The third-order valence-electron chi connectivity index (χ3n) is 2.89. The molecule has 0 unspecified atom stereocenters. The highest BCUT2D eigenvalue weighted by molar-refractivity contribution is 7.15. The lowest BCUT2D eigenvalue weighted by molar-refractivity contribution is 0.622. The summed E-state index contributed by atoms with van der Waals surface area (Å²) in [5.41, 5.74) is 1.99. The van der Waals surface area contributed by atoms with Crippen molar-refractivity contribution in [2.75, 3.05) is 0 Å². The van der Waals surface area contributed by atoms with E-state index in [1.807, 2.05) is 6.92 Å². The van der Waals surface area contributed by atoms with Crippen molar-refractivity contribution in [1.82, 2.24) is 9.97 Å². The molecule has 0 aliphatic rings. The highest BCUT2D eigenvalue weighted by Crippen LogP contribution is 2.36. The van der Waals surface area contributed by atoms with Crippen molar-refractivity contribution in [2.45, 2.75) is 6.92 Å². The van der Waals surface area contributed by atoms with Crippen LogP contribution in [0.4, 0.5) is 8.78 Å². The van der Waals surface area contributed by atoms with E-state index in [1.165, 1.54) is 29.5 Å². The molecule has 0 amide bonds. The van der Waals surface area contributed by atoms with E-state index in [2.05, 4.69) is 9.97 Å². The summed E-state index contributed by atoms with van der Waals surface area (Å²) in [5.74, 6) is -0.875. The van der Waals surface area contributed by atoms with Gasteiger partial charge in [0.15, 0.2) is 0 Å². The topological polar surface area (TPSA) is 25.8 Å². The largest absolute Gasteiger partial charge is 0.252 e. The van der Waals surface area contributed by atoms with Gasteiger partial charge >= 0.3 is 0 Å². The van der Waals surface area contributed by atoms with E-state index in [0.717, 1.165) is 16.1 Å². The van der Waals surface area contributed by atoms with Gasteiger partial charge in [-0.2, -0.15) is 0 Å². The minimum atomic E-state index is -0.478. The summed E-state index contributed by atoms with van der Waals surface area (Å²) < 4.78 is 26.3. The third-order valence-corrected chi connectivity index (χ3v) is 4.17. The summed E-state index contributed by atoms with van der Waals surface area (Å²) in [5, 5.41) is 0.878. The third kappa shape index (κ3) is 2.80. The number of nitrogens with zero attached hydrogens (tertiary/aromatic N) is 2. The van der Waals surface area contributed by atoms with Crippen molar-refractivity contribution < 1.29 is 8.78 Å². The monoisotopic (exact) mass is 322 g/mol. The molecule has 0 atom stereocenters. The molecule has 3 aromatic rings. The van der Waals surface area contributed by atoms with Gasteiger partial charge in [-0.25, -0.2) is 13.8 Å². The van der Waals surface area contributed by atoms with Crippen molar-refractivity contribution >= 4 is 22.9 Å². The van der Waals surface area contributed by atoms with Crippen LogP contribution >= 0.6 is 22.9 Å². The van der Waals surface area contributed by atoms with Crippen molar-refractivity contribution in [3.8, 4) is 21.8 Å². The first-order chi connectivity index (χ1) is 10.0. The van der Waals surface area contributed by atoms with E-state index in [9.17, 15) is 8.78 Å². The summed E-state index contributed by atoms with van der Waals surface area (Å²) in [4.78, 5) is 9.33. The lowest BCUT2D eigenvalue weighted by atomic mass is 10.1. The molecule has 106 valence electrons. The van der Waals surface area contributed by atoms with Crippen LogP contribution in [-0.2, 0) is 0 Å². The number of aryl methyl sites for hydroxylation is 1. The Morgan fingerprint density at radius 3 is 2.62 bits per heavy atom. The van der Waals surface area contributed by atoms with E-state index in [4.69, 9.17) is 11.6 Å². The fraction of sp³-hybridized carbons (Fsp3) is 0.0667. The Balaban J connectivity index is 2.15. The summed E-state index contributed by atoms with van der Waals surface area (Å²) in [7, 11) is 0. The molecule has 0 N–H and O–H groups in total. The predicted molar refractivity (Wildman–Crippen MR) is 80.4 cm³/mol. The maximum Gasteiger partial charge on any atom is 0.141 e. The number of halogens is 3. The van der Waals surface area contributed by atoms with Crippen molar-refractivity contribution in [1.29, 1.82) is 0 Å². The Hall–Kier alpha value is -1.85. The summed E-state index contributed by atoms with van der Waals surface area (Å²) >= 11 is 7.27. The molecule has 6 heteroatoms. The van der Waals surface area contributed by atoms with Gasteiger partial charge in [-0.3, -0.25) is 4.98 Å². The van der Waals surface area contributed by atoms with Gasteiger partial charge in [0.25, 0.3) is 0 Å². The molecular formula is C15H9ClF2N2S. The second kappa shape index (κ2) is 5.50. The van der Waals surface area contributed by atoms with Gasteiger partial charge in [0.2, 0.25) is 0 Å². The zero-order valence-electron chi connectivity index (χ0n) is 10.9. The molecule has 2 nitrogen and oxygen atoms in total. The fourth-order valence-electron chi connectivity index (χ4n) is 1.95. The zero-order valence-corrected chi connectivity index (χ0v) is 12.5. The van der Waals surface area contributed by atoms with Crippen LogP contribution in [0.5, 0.6) is 0 Å². The van der Waals surface area contributed by atoms with Crippen LogP contribution in [0.3, 0.4) is 0 Å². The maximum absolute atomic E-state index is 13.3. The number of hydrogen-bond donors (Lipinski definition) is 0. The minimum absolute atomic E-state index is 0.0381. The van der Waals surface area contributed by atoms with Gasteiger partial charge in [0.1, 0.15) is 11.6 Å². The van der Waals surface area contributed by atoms with Gasteiger partial charge < -0.3 is 0 Å². The van der Waals surface area contributed by atoms with Crippen LogP contribution in [0.1, 0.15) is 5.01 Å². The van der Waals surface area contributed by atoms with Crippen LogP contribution < -0.4 is 0 Å². The lowest BCUT2D eigenvalue weighted by Crippen LogP contribution is -1.87. The minimum Gasteiger partial charge on any atom is -0.252 e. The van der Waals surface area contributed by atoms with Gasteiger partial charge in [-0.15, -0.1) is 11.3 Å². The van der Waals surface area contributed by atoms with Crippen LogP contribution in [0.25, 0.3) is 21.8 Å². The average molecular weight is 323 g/mol. The van der Waals surface area contributed by atoms with Crippen LogP contribution in [0, 0.1) is 18.6 Å². The number of benzene rings is 1. The number of thiazole rings is 1. The Labute approximate surface area is 129 Å². The molecule has 3 rings (SSSR count). The molecule has 0 spiro atoms. The molecule has 21 heavy (non-hydrogen) atoms. The molecular weight excluding hydrogens is 314 g/mol. The quantitative estimate of drug-likeness (QED) is 0.655. The molecule has 0 saturated heterocycles. The maximum atomic E-state index is 13.3. The SMILES string of the molecule is Cc1nc(-c2ccc(F)c(Cl)c2)c(-c2ccc(F)cn2)s1. The summed E-state index contributed by atoms with van der Waals surface area (Å²) in [6.07, 6.45) is 1.16. The van der Waals surface area contributed by atoms with E-state index in [0.29, 0.717) is 17.0 Å². The van der Waals surface area contributed by atoms with Crippen LogP contribution in [0.2, 0.25) is 5.02 Å². The van der Waals surface area contributed by atoms with Gasteiger partial charge in [-0.1, -0.05) is 11.6 Å². The predicted octanol–water partition coefficient (Wildman–Crippen LogP) is 5.11. The number of hydrogen-bond acceptors (Lipinski definition) is 3. The molecule has 2 aromatic heterocycles. The Bertz CT molecular complexity index is 800. The Morgan fingerprint density at radius 2 is 1.95 bits per heavy atom. The van der Waals surface area contributed by atoms with E-state index >= 15 is 0 Å². The highest BCUT2D eigenvalue weighted by Gasteiger charge is 2.15. The Kier molecular flexibility index (Phi) is 3.69. The number of pyridine rings is 1. The first-order valence-corrected chi connectivity index (χ1v) is 7.29. The zero-order chi connectivity index (χ0) is 15.0. The number of aromatic nitrogens is 2. The molecule has 0 saturated carbocycles. The van der Waals surface area contributed by atoms with Crippen LogP contribution in [0.15, 0.2) is 36.5 Å². The molecule has 0 fully saturated rings. The van der Waals surface area contributed by atoms with Crippen LogP contribution in [-0.4, -0.2) is 9.97 Å². The second-order valence-corrected chi connectivity index (χ2v) is 6.01. The van der Waals surface area contributed by atoms with Gasteiger partial charge in [-0.05, 0) is 37.3 Å². The highest BCUT2D eigenvalue weighted by atomic mass is 35.5. The summed E-state index contributed by atoms with van der Waals surface area (Å²) in [6, 6.07) is 7.38. The lowest BCUT2D eigenvalue weighted by Gasteiger charge is -2.03. The normalized spacial score (nSPS) is 10.9. The number of rotatable bonds is 2. The van der Waals surface area contributed by atoms with Crippen molar-refractivity contribution in [3.05, 3.63) is 58.2 Å². The van der Waals surface area contributed by atoms with Gasteiger partial charge in [0, 0.05) is 5.56 Å².